The fourth-order valence-electron chi connectivity index (χ4n) is 2.80. The minimum absolute atomic E-state index is 0.244. The number of nitrogens with zero attached hydrogens (tertiary/aromatic N) is 2. The molecule has 3 aromatic rings. The third-order valence-electron chi connectivity index (χ3n) is 4.16. The van der Waals surface area contributed by atoms with Crippen molar-refractivity contribution >= 4 is 23.4 Å². The molecule has 2 aromatic carbocycles. The topological polar surface area (TPSA) is 76.1 Å². The van der Waals surface area contributed by atoms with Gasteiger partial charge in [0.15, 0.2) is 0 Å². The van der Waals surface area contributed by atoms with Crippen LogP contribution in [-0.4, -0.2) is 29.1 Å². The maximum atomic E-state index is 13.0. The number of esters is 1. The highest BCUT2D eigenvalue weighted by atomic mass is 19.1. The third-order valence-corrected chi connectivity index (χ3v) is 4.16. The molecule has 3 rings (SSSR count). The highest BCUT2D eigenvalue weighted by molar-refractivity contribution is 5.96. The van der Waals surface area contributed by atoms with E-state index < -0.39 is 5.97 Å². The van der Waals surface area contributed by atoms with E-state index in [0.29, 0.717) is 36.2 Å². The van der Waals surface area contributed by atoms with E-state index in [-0.39, 0.29) is 5.82 Å². The lowest BCUT2D eigenvalue weighted by Crippen LogP contribution is -2.11. The Morgan fingerprint density at radius 3 is 2.62 bits per heavy atom. The second-order valence-corrected chi connectivity index (χ2v) is 6.41. The largest absolute Gasteiger partial charge is 0.462 e. The smallest absolute Gasteiger partial charge is 0.340 e. The van der Waals surface area contributed by atoms with E-state index in [1.54, 1.807) is 37.3 Å². The van der Waals surface area contributed by atoms with Gasteiger partial charge in [0.1, 0.15) is 11.6 Å². The van der Waals surface area contributed by atoms with E-state index in [2.05, 4.69) is 20.6 Å². The standard InChI is InChI=1S/C22H23FN4O2/c1-3-29-21(28)18-6-4-5-7-19(18)26-22-25-15(2)14-20(27-22)24-13-12-16-8-10-17(23)11-9-16/h4-11,14H,3,12-13H2,1-2H3,(H2,24,25,26,27). The van der Waals surface area contributed by atoms with Crippen molar-refractivity contribution in [2.24, 2.45) is 0 Å². The Morgan fingerprint density at radius 1 is 1.10 bits per heavy atom. The van der Waals surface area contributed by atoms with E-state index in [1.165, 1.54) is 12.1 Å². The van der Waals surface area contributed by atoms with Crippen LogP contribution in [0.15, 0.2) is 54.6 Å². The number of halogens is 1. The number of aryl methyl sites for hydroxylation is 1. The monoisotopic (exact) mass is 394 g/mol. The Morgan fingerprint density at radius 2 is 1.86 bits per heavy atom. The van der Waals surface area contributed by atoms with Crippen LogP contribution in [0.1, 0.15) is 28.5 Å². The predicted octanol–water partition coefficient (Wildman–Crippen LogP) is 4.50. The molecule has 0 saturated heterocycles. The van der Waals surface area contributed by atoms with Crippen molar-refractivity contribution in [3.63, 3.8) is 0 Å². The Hall–Kier alpha value is -3.48. The Balaban J connectivity index is 1.69. The van der Waals surface area contributed by atoms with Crippen molar-refractivity contribution < 1.29 is 13.9 Å². The molecular formula is C22H23FN4O2. The average Bonchev–Trinajstić information content (AvgIpc) is 2.70. The zero-order chi connectivity index (χ0) is 20.6. The van der Waals surface area contributed by atoms with Crippen LogP contribution < -0.4 is 10.6 Å². The molecular weight excluding hydrogens is 371 g/mol. The minimum atomic E-state index is -0.402. The summed E-state index contributed by atoms with van der Waals surface area (Å²) in [7, 11) is 0. The first-order valence-electron chi connectivity index (χ1n) is 9.42. The van der Waals surface area contributed by atoms with Crippen LogP contribution in [0.3, 0.4) is 0 Å². The molecule has 0 radical (unpaired) electrons. The fourth-order valence-corrected chi connectivity index (χ4v) is 2.80. The molecule has 0 aliphatic heterocycles. The third kappa shape index (κ3) is 5.75. The lowest BCUT2D eigenvalue weighted by Gasteiger charge is -2.12. The highest BCUT2D eigenvalue weighted by Gasteiger charge is 2.13. The van der Waals surface area contributed by atoms with Crippen LogP contribution in [0.25, 0.3) is 0 Å². The first kappa shape index (κ1) is 20.3. The van der Waals surface area contributed by atoms with Crippen LogP contribution in [0.5, 0.6) is 0 Å². The van der Waals surface area contributed by atoms with Crippen molar-refractivity contribution in [1.29, 1.82) is 0 Å². The molecule has 0 fully saturated rings. The highest BCUT2D eigenvalue weighted by Crippen LogP contribution is 2.21. The van der Waals surface area contributed by atoms with Gasteiger partial charge in [-0.25, -0.2) is 14.2 Å². The molecule has 29 heavy (non-hydrogen) atoms. The van der Waals surface area contributed by atoms with Gasteiger partial charge in [-0.2, -0.15) is 4.98 Å². The van der Waals surface area contributed by atoms with Crippen molar-refractivity contribution in [2.45, 2.75) is 20.3 Å². The number of nitrogens with one attached hydrogen (secondary N) is 2. The zero-order valence-electron chi connectivity index (χ0n) is 16.4. The van der Waals surface area contributed by atoms with Crippen LogP contribution in [0.2, 0.25) is 0 Å². The molecule has 1 heterocycles. The number of para-hydroxylation sites is 1. The number of carbonyl (C=O) groups excluding carboxylic acids is 1. The lowest BCUT2D eigenvalue weighted by molar-refractivity contribution is 0.0527. The Kier molecular flexibility index (Phi) is 6.73. The summed E-state index contributed by atoms with van der Waals surface area (Å²) >= 11 is 0. The minimum Gasteiger partial charge on any atom is -0.462 e. The number of hydrogen-bond acceptors (Lipinski definition) is 6. The van der Waals surface area contributed by atoms with E-state index in [1.807, 2.05) is 19.1 Å². The number of ether oxygens (including phenoxy) is 1. The maximum Gasteiger partial charge on any atom is 0.340 e. The van der Waals surface area contributed by atoms with Crippen LogP contribution >= 0.6 is 0 Å². The van der Waals surface area contributed by atoms with Gasteiger partial charge in [0.2, 0.25) is 5.95 Å². The number of carbonyl (C=O) groups is 1. The van der Waals surface area contributed by atoms with Crippen molar-refractivity contribution in [2.75, 3.05) is 23.8 Å². The fraction of sp³-hybridized carbons (Fsp3) is 0.227. The normalized spacial score (nSPS) is 10.4. The maximum absolute atomic E-state index is 13.0. The van der Waals surface area contributed by atoms with E-state index in [9.17, 15) is 9.18 Å². The second-order valence-electron chi connectivity index (χ2n) is 6.41. The Bertz CT molecular complexity index is 977. The molecule has 0 saturated carbocycles. The summed E-state index contributed by atoms with van der Waals surface area (Å²) < 4.78 is 18.1. The summed E-state index contributed by atoms with van der Waals surface area (Å²) in [5.74, 6) is 0.398. The van der Waals surface area contributed by atoms with Gasteiger partial charge in [0.25, 0.3) is 0 Å². The number of anilines is 3. The molecule has 2 N–H and O–H groups in total. The molecule has 0 aliphatic carbocycles. The first-order chi connectivity index (χ1) is 14.0. The molecule has 0 amide bonds. The predicted molar refractivity (Wildman–Crippen MR) is 111 cm³/mol. The van der Waals surface area contributed by atoms with E-state index in [4.69, 9.17) is 4.74 Å². The van der Waals surface area contributed by atoms with E-state index in [0.717, 1.165) is 17.7 Å². The quantitative estimate of drug-likeness (QED) is 0.548. The summed E-state index contributed by atoms with van der Waals surface area (Å²) in [6, 6.07) is 15.3. The molecule has 7 heteroatoms. The van der Waals surface area contributed by atoms with Gasteiger partial charge >= 0.3 is 5.97 Å². The van der Waals surface area contributed by atoms with Crippen LogP contribution in [0, 0.1) is 12.7 Å². The summed E-state index contributed by atoms with van der Waals surface area (Å²) in [4.78, 5) is 21.0. The molecule has 150 valence electrons. The molecule has 0 aliphatic rings. The van der Waals surface area contributed by atoms with Crippen LogP contribution in [-0.2, 0) is 11.2 Å². The van der Waals surface area contributed by atoms with Gasteiger partial charge < -0.3 is 15.4 Å². The van der Waals surface area contributed by atoms with Crippen molar-refractivity contribution in [3.05, 3.63) is 77.2 Å². The number of benzene rings is 2. The van der Waals surface area contributed by atoms with Gasteiger partial charge in [0.05, 0.1) is 17.9 Å². The zero-order valence-corrected chi connectivity index (χ0v) is 16.4. The molecule has 0 bridgehead atoms. The van der Waals surface area contributed by atoms with Gasteiger partial charge in [-0.05, 0) is 50.1 Å². The van der Waals surface area contributed by atoms with Gasteiger partial charge in [-0.1, -0.05) is 24.3 Å². The molecule has 0 unspecified atom stereocenters. The number of aromatic nitrogens is 2. The summed E-state index contributed by atoms with van der Waals surface area (Å²) in [5.41, 5.74) is 2.81. The average molecular weight is 394 g/mol. The second kappa shape index (κ2) is 9.64. The molecule has 0 spiro atoms. The van der Waals surface area contributed by atoms with Gasteiger partial charge in [-0.15, -0.1) is 0 Å². The Labute approximate surface area is 169 Å². The first-order valence-corrected chi connectivity index (χ1v) is 9.42. The van der Waals surface area contributed by atoms with Crippen molar-refractivity contribution in [1.82, 2.24) is 9.97 Å². The number of rotatable bonds is 8. The molecule has 0 atom stereocenters. The number of hydrogen-bond donors (Lipinski definition) is 2. The lowest BCUT2D eigenvalue weighted by atomic mass is 10.1. The summed E-state index contributed by atoms with van der Waals surface area (Å²) in [5, 5.41) is 6.36. The van der Waals surface area contributed by atoms with E-state index >= 15 is 0 Å². The molecule has 6 nitrogen and oxygen atoms in total. The SMILES string of the molecule is CCOC(=O)c1ccccc1Nc1nc(C)cc(NCCc2ccc(F)cc2)n1. The summed E-state index contributed by atoms with van der Waals surface area (Å²) in [6.07, 6.45) is 0.734. The van der Waals surface area contributed by atoms with Crippen LogP contribution in [0.4, 0.5) is 21.8 Å². The van der Waals surface area contributed by atoms with Crippen molar-refractivity contribution in [3.8, 4) is 0 Å². The van der Waals surface area contributed by atoms with Gasteiger partial charge in [0, 0.05) is 18.3 Å². The van der Waals surface area contributed by atoms with Gasteiger partial charge in [-0.3, -0.25) is 0 Å². The summed E-state index contributed by atoms with van der Waals surface area (Å²) in [6.45, 7) is 4.58. The molecule has 1 aromatic heterocycles.